The minimum absolute atomic E-state index is 0.0693. The number of carbonyl (C=O) groups excluding carboxylic acids is 2. The minimum Gasteiger partial charge on any atom is -0.331 e. The number of aromatic nitrogens is 2. The van der Waals surface area contributed by atoms with Gasteiger partial charge >= 0.3 is 0 Å². The van der Waals surface area contributed by atoms with Crippen LogP contribution in [0.2, 0.25) is 0 Å². The van der Waals surface area contributed by atoms with E-state index in [-0.39, 0.29) is 18.4 Å². The minimum atomic E-state index is -0.284. The topological polar surface area (TPSA) is 67.2 Å². The molecule has 2 aromatic carbocycles. The van der Waals surface area contributed by atoms with Crippen molar-refractivity contribution >= 4 is 33.4 Å². The summed E-state index contributed by atoms with van der Waals surface area (Å²) in [5, 5.41) is 2.79. The third kappa shape index (κ3) is 4.00. The van der Waals surface area contributed by atoms with E-state index in [1.807, 2.05) is 48.5 Å². The van der Waals surface area contributed by atoms with Crippen molar-refractivity contribution in [3.8, 4) is 5.69 Å². The molecule has 1 N–H and O–H groups in total. The Morgan fingerprint density at radius 1 is 1.12 bits per heavy atom. The van der Waals surface area contributed by atoms with E-state index in [0.717, 1.165) is 10.2 Å². The number of hydrogen-bond acceptors (Lipinski definition) is 3. The van der Waals surface area contributed by atoms with Crippen LogP contribution in [0, 0.1) is 0 Å². The molecule has 1 heterocycles. The normalized spacial score (nSPS) is 10.4. The molecule has 7 heteroatoms. The third-order valence-electron chi connectivity index (χ3n) is 3.77. The Morgan fingerprint density at radius 2 is 1.81 bits per heavy atom. The number of amides is 2. The van der Waals surface area contributed by atoms with Crippen LogP contribution < -0.4 is 5.32 Å². The summed E-state index contributed by atoms with van der Waals surface area (Å²) in [6.07, 6.45) is 3.08. The van der Waals surface area contributed by atoms with Crippen LogP contribution in [-0.4, -0.2) is 39.9 Å². The predicted octanol–water partition coefficient (Wildman–Crippen LogP) is 3.35. The number of imidazole rings is 1. The average Bonchev–Trinajstić information content (AvgIpc) is 3.13. The summed E-state index contributed by atoms with van der Waals surface area (Å²) in [5.41, 5.74) is 1.89. The fourth-order valence-electron chi connectivity index (χ4n) is 2.48. The maximum atomic E-state index is 12.7. The van der Waals surface area contributed by atoms with Gasteiger partial charge in [-0.1, -0.05) is 30.3 Å². The molecular weight excluding hydrogens is 396 g/mol. The summed E-state index contributed by atoms with van der Waals surface area (Å²) < 4.78 is 2.48. The van der Waals surface area contributed by atoms with Gasteiger partial charge in [-0.05, 0) is 40.2 Å². The summed E-state index contributed by atoms with van der Waals surface area (Å²) in [4.78, 5) is 30.4. The zero-order valence-electron chi connectivity index (χ0n) is 14.1. The van der Waals surface area contributed by atoms with Gasteiger partial charge in [0.2, 0.25) is 5.91 Å². The lowest BCUT2D eigenvalue weighted by molar-refractivity contribution is -0.116. The van der Waals surface area contributed by atoms with Crippen molar-refractivity contribution in [3.63, 3.8) is 0 Å². The molecule has 0 saturated heterocycles. The van der Waals surface area contributed by atoms with Gasteiger partial charge in [-0.25, -0.2) is 4.98 Å². The van der Waals surface area contributed by atoms with E-state index < -0.39 is 0 Å². The van der Waals surface area contributed by atoms with Gasteiger partial charge in [-0.15, -0.1) is 0 Å². The molecule has 0 saturated carbocycles. The largest absolute Gasteiger partial charge is 0.331 e. The van der Waals surface area contributed by atoms with Gasteiger partial charge in [0.15, 0.2) is 0 Å². The molecule has 3 aromatic rings. The van der Waals surface area contributed by atoms with Gasteiger partial charge in [0.05, 0.1) is 24.8 Å². The molecule has 1 aromatic heterocycles. The van der Waals surface area contributed by atoms with E-state index in [9.17, 15) is 9.59 Å². The van der Waals surface area contributed by atoms with E-state index >= 15 is 0 Å². The molecule has 3 rings (SSSR count). The van der Waals surface area contributed by atoms with Crippen molar-refractivity contribution in [2.24, 2.45) is 0 Å². The Morgan fingerprint density at radius 3 is 2.54 bits per heavy atom. The third-order valence-corrected chi connectivity index (χ3v) is 4.46. The van der Waals surface area contributed by atoms with Crippen molar-refractivity contribution in [2.45, 2.75) is 0 Å². The van der Waals surface area contributed by atoms with E-state index in [1.165, 1.54) is 11.1 Å². The number of para-hydroxylation sites is 2. The van der Waals surface area contributed by atoms with Crippen molar-refractivity contribution in [3.05, 3.63) is 77.3 Å². The number of rotatable bonds is 5. The summed E-state index contributed by atoms with van der Waals surface area (Å²) in [6.45, 7) is -0.0693. The molecule has 0 spiro atoms. The molecular formula is C19H17BrN4O2. The van der Waals surface area contributed by atoms with Crippen LogP contribution in [0.1, 0.15) is 10.5 Å². The second kappa shape index (κ2) is 7.97. The number of likely N-dealkylation sites (N-methyl/N-ethyl adjacent to an activating group) is 1. The van der Waals surface area contributed by atoms with Crippen LogP contribution in [0.4, 0.5) is 5.69 Å². The second-order valence-electron chi connectivity index (χ2n) is 5.67. The van der Waals surface area contributed by atoms with Gasteiger partial charge in [0.1, 0.15) is 5.69 Å². The van der Waals surface area contributed by atoms with Crippen molar-refractivity contribution in [1.29, 1.82) is 0 Å². The molecule has 0 aliphatic heterocycles. The predicted molar refractivity (Wildman–Crippen MR) is 103 cm³/mol. The summed E-state index contributed by atoms with van der Waals surface area (Å²) in [7, 11) is 1.59. The fraction of sp³-hybridized carbons (Fsp3) is 0.105. The number of halogens is 1. The molecule has 0 unspecified atom stereocenters. The maximum Gasteiger partial charge on any atom is 0.272 e. The molecule has 0 atom stereocenters. The summed E-state index contributed by atoms with van der Waals surface area (Å²) >= 11 is 3.38. The number of carbonyl (C=O) groups is 2. The Kier molecular flexibility index (Phi) is 5.48. The van der Waals surface area contributed by atoms with E-state index in [2.05, 4.69) is 26.2 Å². The summed E-state index contributed by atoms with van der Waals surface area (Å²) in [5.74, 6) is -0.563. The Labute approximate surface area is 159 Å². The molecule has 0 bridgehead atoms. The zero-order chi connectivity index (χ0) is 18.5. The first-order chi connectivity index (χ1) is 12.6. The highest BCUT2D eigenvalue weighted by Crippen LogP contribution is 2.21. The van der Waals surface area contributed by atoms with E-state index in [0.29, 0.717) is 11.4 Å². The van der Waals surface area contributed by atoms with Gasteiger partial charge in [0.25, 0.3) is 5.91 Å². The second-order valence-corrected chi connectivity index (χ2v) is 6.53. The number of hydrogen-bond donors (Lipinski definition) is 1. The first kappa shape index (κ1) is 17.9. The highest BCUT2D eigenvalue weighted by molar-refractivity contribution is 9.10. The van der Waals surface area contributed by atoms with Gasteiger partial charge in [0, 0.05) is 17.2 Å². The Hall–Kier alpha value is -2.93. The van der Waals surface area contributed by atoms with Crippen LogP contribution >= 0.6 is 15.9 Å². The van der Waals surface area contributed by atoms with Crippen molar-refractivity contribution < 1.29 is 9.59 Å². The van der Waals surface area contributed by atoms with Crippen LogP contribution in [0.3, 0.4) is 0 Å². The van der Waals surface area contributed by atoms with E-state index in [1.54, 1.807) is 24.0 Å². The van der Waals surface area contributed by atoms with Crippen LogP contribution in [-0.2, 0) is 4.79 Å². The smallest absolute Gasteiger partial charge is 0.272 e. The van der Waals surface area contributed by atoms with Gasteiger partial charge in [-0.2, -0.15) is 0 Å². The molecule has 0 radical (unpaired) electrons. The Bertz CT molecular complexity index is 924. The molecule has 6 nitrogen and oxygen atoms in total. The van der Waals surface area contributed by atoms with Crippen molar-refractivity contribution in [1.82, 2.24) is 14.5 Å². The lowest BCUT2D eigenvalue weighted by Crippen LogP contribution is -2.35. The molecule has 132 valence electrons. The number of nitrogens with zero attached hydrogens (tertiary/aromatic N) is 3. The number of anilines is 1. The average molecular weight is 413 g/mol. The number of nitrogens with one attached hydrogen (secondary N) is 1. The first-order valence-electron chi connectivity index (χ1n) is 7.94. The highest BCUT2D eigenvalue weighted by Gasteiger charge is 2.19. The lowest BCUT2D eigenvalue weighted by atomic mass is 10.3. The van der Waals surface area contributed by atoms with Crippen LogP contribution in [0.25, 0.3) is 5.69 Å². The number of benzene rings is 2. The van der Waals surface area contributed by atoms with Crippen LogP contribution in [0.5, 0.6) is 0 Å². The molecule has 0 aliphatic rings. The zero-order valence-corrected chi connectivity index (χ0v) is 15.7. The molecule has 0 fully saturated rings. The SMILES string of the molecule is CN(CC(=O)Nc1ccccc1Br)C(=O)c1cncn1-c1ccccc1. The van der Waals surface area contributed by atoms with Gasteiger partial charge in [-0.3, -0.25) is 14.2 Å². The van der Waals surface area contributed by atoms with Gasteiger partial charge < -0.3 is 10.2 Å². The van der Waals surface area contributed by atoms with Crippen molar-refractivity contribution in [2.75, 3.05) is 18.9 Å². The standard InChI is InChI=1S/C19H17BrN4O2/c1-23(12-18(25)22-16-10-6-5-9-15(16)20)19(26)17-11-21-13-24(17)14-7-3-2-4-8-14/h2-11,13H,12H2,1H3,(H,22,25). The summed E-state index contributed by atoms with van der Waals surface area (Å²) in [6, 6.07) is 16.8. The fourth-order valence-corrected chi connectivity index (χ4v) is 2.87. The molecule has 2 amide bonds. The first-order valence-corrected chi connectivity index (χ1v) is 8.73. The van der Waals surface area contributed by atoms with Crippen LogP contribution in [0.15, 0.2) is 71.6 Å². The quantitative estimate of drug-likeness (QED) is 0.698. The lowest BCUT2D eigenvalue weighted by Gasteiger charge is -2.18. The molecule has 0 aliphatic carbocycles. The molecule has 26 heavy (non-hydrogen) atoms. The van der Waals surface area contributed by atoms with E-state index in [4.69, 9.17) is 0 Å². The maximum absolute atomic E-state index is 12.7. The monoisotopic (exact) mass is 412 g/mol. The highest BCUT2D eigenvalue weighted by atomic mass is 79.9. The Balaban J connectivity index is 1.70.